The standard InChI is InChI=1S/C10H9BrN6O/c1-16-10(7(2-12)3-13-16)15-9(18)6-17-5-8(11)4-14-17/h3-5H,6H2,1H3,(H,15,18). The van der Waals surface area contributed by atoms with E-state index < -0.39 is 0 Å². The zero-order valence-electron chi connectivity index (χ0n) is 9.46. The zero-order chi connectivity index (χ0) is 13.1. The molecule has 8 heteroatoms. The van der Waals surface area contributed by atoms with Crippen molar-refractivity contribution in [1.29, 1.82) is 5.26 Å². The van der Waals surface area contributed by atoms with Crippen molar-refractivity contribution in [1.82, 2.24) is 19.6 Å². The Morgan fingerprint density at radius 2 is 2.33 bits per heavy atom. The summed E-state index contributed by atoms with van der Waals surface area (Å²) in [5.41, 5.74) is 0.326. The number of amides is 1. The van der Waals surface area contributed by atoms with Gasteiger partial charge in [0.15, 0.2) is 0 Å². The summed E-state index contributed by atoms with van der Waals surface area (Å²) < 4.78 is 3.73. The maximum absolute atomic E-state index is 11.8. The van der Waals surface area contributed by atoms with Crippen LogP contribution in [0.25, 0.3) is 0 Å². The molecule has 0 atom stereocenters. The van der Waals surface area contributed by atoms with E-state index in [0.717, 1.165) is 4.47 Å². The van der Waals surface area contributed by atoms with Gasteiger partial charge in [0.25, 0.3) is 0 Å². The maximum atomic E-state index is 11.8. The van der Waals surface area contributed by atoms with Crippen molar-refractivity contribution >= 4 is 27.7 Å². The molecule has 0 aromatic carbocycles. The van der Waals surface area contributed by atoms with Crippen molar-refractivity contribution in [3.05, 3.63) is 28.6 Å². The molecule has 0 aliphatic carbocycles. The molecule has 0 radical (unpaired) electrons. The van der Waals surface area contributed by atoms with Crippen molar-refractivity contribution in [3.8, 4) is 6.07 Å². The van der Waals surface area contributed by atoms with Crippen molar-refractivity contribution in [2.75, 3.05) is 5.32 Å². The first-order chi connectivity index (χ1) is 8.60. The lowest BCUT2D eigenvalue weighted by molar-refractivity contribution is -0.116. The summed E-state index contributed by atoms with van der Waals surface area (Å²) in [6, 6.07) is 1.96. The summed E-state index contributed by atoms with van der Waals surface area (Å²) in [6.07, 6.45) is 4.69. The first kappa shape index (κ1) is 12.3. The van der Waals surface area contributed by atoms with E-state index in [9.17, 15) is 4.79 Å². The van der Waals surface area contributed by atoms with Crippen LogP contribution in [0.5, 0.6) is 0 Å². The summed E-state index contributed by atoms with van der Waals surface area (Å²) in [7, 11) is 1.65. The second-order valence-electron chi connectivity index (χ2n) is 3.55. The van der Waals surface area contributed by atoms with Crippen LogP contribution in [0, 0.1) is 11.3 Å². The molecule has 0 saturated heterocycles. The largest absolute Gasteiger partial charge is 0.308 e. The molecular weight excluding hydrogens is 300 g/mol. The molecule has 18 heavy (non-hydrogen) atoms. The maximum Gasteiger partial charge on any atom is 0.247 e. The predicted octanol–water partition coefficient (Wildman–Crippen LogP) is 0.889. The number of hydrogen-bond donors (Lipinski definition) is 1. The Kier molecular flexibility index (Phi) is 3.43. The fourth-order valence-electron chi connectivity index (χ4n) is 1.41. The van der Waals surface area contributed by atoms with Crippen molar-refractivity contribution < 1.29 is 4.79 Å². The highest BCUT2D eigenvalue weighted by atomic mass is 79.9. The highest BCUT2D eigenvalue weighted by molar-refractivity contribution is 9.10. The molecule has 1 N–H and O–H groups in total. The number of aryl methyl sites for hydroxylation is 1. The lowest BCUT2D eigenvalue weighted by Gasteiger charge is -2.05. The highest BCUT2D eigenvalue weighted by Crippen LogP contribution is 2.12. The lowest BCUT2D eigenvalue weighted by Crippen LogP contribution is -2.21. The van der Waals surface area contributed by atoms with Gasteiger partial charge in [-0.25, -0.2) is 0 Å². The number of anilines is 1. The van der Waals surface area contributed by atoms with Crippen LogP contribution in [0.2, 0.25) is 0 Å². The third kappa shape index (κ3) is 2.57. The van der Waals surface area contributed by atoms with Crippen LogP contribution in [0.4, 0.5) is 5.82 Å². The Bertz CT molecular complexity index is 623. The van der Waals surface area contributed by atoms with Gasteiger partial charge < -0.3 is 5.32 Å². The second-order valence-corrected chi connectivity index (χ2v) is 4.46. The highest BCUT2D eigenvalue weighted by Gasteiger charge is 2.12. The van der Waals surface area contributed by atoms with Crippen LogP contribution in [0.3, 0.4) is 0 Å². The van der Waals surface area contributed by atoms with E-state index in [4.69, 9.17) is 5.26 Å². The van der Waals surface area contributed by atoms with E-state index in [2.05, 4.69) is 31.4 Å². The van der Waals surface area contributed by atoms with E-state index in [1.165, 1.54) is 15.6 Å². The first-order valence-electron chi connectivity index (χ1n) is 5.00. The molecule has 1 amide bonds. The van der Waals surface area contributed by atoms with Gasteiger partial charge in [0.2, 0.25) is 5.91 Å². The minimum Gasteiger partial charge on any atom is -0.308 e. The first-order valence-corrected chi connectivity index (χ1v) is 5.79. The van der Waals surface area contributed by atoms with Gasteiger partial charge >= 0.3 is 0 Å². The van der Waals surface area contributed by atoms with Crippen molar-refractivity contribution in [3.63, 3.8) is 0 Å². The molecule has 0 spiro atoms. The van der Waals surface area contributed by atoms with E-state index >= 15 is 0 Å². The average Bonchev–Trinajstić information content (AvgIpc) is 2.87. The number of hydrogen-bond acceptors (Lipinski definition) is 4. The molecule has 2 aromatic heterocycles. The van der Waals surface area contributed by atoms with E-state index in [1.807, 2.05) is 6.07 Å². The molecule has 0 aliphatic heterocycles. The number of aromatic nitrogens is 4. The van der Waals surface area contributed by atoms with Gasteiger partial charge in [0, 0.05) is 13.2 Å². The molecule has 0 bridgehead atoms. The van der Waals surface area contributed by atoms with Gasteiger partial charge in [0.05, 0.1) is 16.9 Å². The molecule has 2 rings (SSSR count). The SMILES string of the molecule is Cn1ncc(C#N)c1NC(=O)Cn1cc(Br)cn1. The van der Waals surface area contributed by atoms with Gasteiger partial charge in [-0.1, -0.05) is 0 Å². The third-order valence-electron chi connectivity index (χ3n) is 2.22. The molecular formula is C10H9BrN6O. The van der Waals surface area contributed by atoms with Gasteiger partial charge in [0.1, 0.15) is 24.0 Å². The Morgan fingerprint density at radius 1 is 1.56 bits per heavy atom. The van der Waals surface area contributed by atoms with Gasteiger partial charge in [-0.15, -0.1) is 0 Å². The Hall–Kier alpha value is -2.14. The average molecular weight is 309 g/mol. The molecule has 0 unspecified atom stereocenters. The Morgan fingerprint density at radius 3 is 2.94 bits per heavy atom. The number of nitriles is 1. The van der Waals surface area contributed by atoms with E-state index in [-0.39, 0.29) is 12.5 Å². The van der Waals surface area contributed by atoms with Gasteiger partial charge in [-0.05, 0) is 15.9 Å². The number of carbonyl (C=O) groups excluding carboxylic acids is 1. The summed E-state index contributed by atoms with van der Waals surface area (Å²) in [4.78, 5) is 11.8. The summed E-state index contributed by atoms with van der Waals surface area (Å²) >= 11 is 3.24. The van der Waals surface area contributed by atoms with Crippen LogP contribution in [-0.4, -0.2) is 25.5 Å². The molecule has 7 nitrogen and oxygen atoms in total. The van der Waals surface area contributed by atoms with Gasteiger partial charge in [-0.2, -0.15) is 15.5 Å². The quantitative estimate of drug-likeness (QED) is 0.912. The lowest BCUT2D eigenvalue weighted by atomic mass is 10.3. The molecule has 92 valence electrons. The topological polar surface area (TPSA) is 88.5 Å². The number of halogens is 1. The fourth-order valence-corrected chi connectivity index (χ4v) is 1.74. The van der Waals surface area contributed by atoms with Gasteiger partial charge in [-0.3, -0.25) is 14.2 Å². The number of rotatable bonds is 3. The summed E-state index contributed by atoms with van der Waals surface area (Å²) in [5.74, 6) is 0.111. The third-order valence-corrected chi connectivity index (χ3v) is 2.63. The summed E-state index contributed by atoms with van der Waals surface area (Å²) in [5, 5.41) is 19.4. The molecule has 0 fully saturated rings. The Balaban J connectivity index is 2.08. The normalized spacial score (nSPS) is 10.1. The van der Waals surface area contributed by atoms with Crippen LogP contribution in [0.1, 0.15) is 5.56 Å². The monoisotopic (exact) mass is 308 g/mol. The fraction of sp³-hybridized carbons (Fsp3) is 0.200. The van der Waals surface area contributed by atoms with Crippen LogP contribution in [0.15, 0.2) is 23.1 Å². The second kappa shape index (κ2) is 5.01. The van der Waals surface area contributed by atoms with Crippen LogP contribution < -0.4 is 5.32 Å². The van der Waals surface area contributed by atoms with E-state index in [1.54, 1.807) is 19.4 Å². The molecule has 0 aliphatic rings. The van der Waals surface area contributed by atoms with Crippen LogP contribution in [-0.2, 0) is 18.4 Å². The molecule has 0 saturated carbocycles. The minimum absolute atomic E-state index is 0.0711. The summed E-state index contributed by atoms with van der Waals surface area (Å²) in [6.45, 7) is 0.0711. The number of carbonyl (C=O) groups is 1. The van der Waals surface area contributed by atoms with Crippen molar-refractivity contribution in [2.45, 2.75) is 6.54 Å². The predicted molar refractivity (Wildman–Crippen MR) is 66.5 cm³/mol. The smallest absolute Gasteiger partial charge is 0.247 e. The number of nitrogens with one attached hydrogen (secondary N) is 1. The van der Waals surface area contributed by atoms with Crippen LogP contribution >= 0.6 is 15.9 Å². The van der Waals surface area contributed by atoms with Crippen molar-refractivity contribution in [2.24, 2.45) is 7.05 Å². The minimum atomic E-state index is -0.272. The zero-order valence-corrected chi connectivity index (χ0v) is 11.0. The Labute approximate surface area is 111 Å². The van der Waals surface area contributed by atoms with E-state index in [0.29, 0.717) is 11.4 Å². The molecule has 2 heterocycles. The number of nitrogens with zero attached hydrogens (tertiary/aromatic N) is 5. The molecule has 2 aromatic rings.